The van der Waals surface area contributed by atoms with Crippen LogP contribution < -0.4 is 5.32 Å². The summed E-state index contributed by atoms with van der Waals surface area (Å²) >= 11 is 0. The smallest absolute Gasteiger partial charge is 0.243 e. The number of para-hydroxylation sites is 1. The standard InChI is InChI=1S/C28H27N5O2S.ClH/c1-32-20-30-18-22(32)16-27-28(25(17-29)24-14-8-9-15-26(24)31-27)33(19-21-10-4-2-5-11-21)36(34,35)23-12-6-3-7-13-23;/h2-15,18,20,25,27-28,31H,16,19H2,1H3;1H. The van der Waals surface area contributed by atoms with Crippen molar-refractivity contribution < 1.29 is 8.42 Å². The van der Waals surface area contributed by atoms with Crippen LogP contribution in [0.4, 0.5) is 5.69 Å². The predicted molar refractivity (Wildman–Crippen MR) is 146 cm³/mol. The SMILES string of the molecule is Cl.Cn1cncc1CC1Nc2ccccc2C(C#N)C1N(Cc1ccccc1)S(=O)(=O)c1ccccc1. The number of hydrogen-bond acceptors (Lipinski definition) is 5. The first-order valence-electron chi connectivity index (χ1n) is 11.8. The lowest BCUT2D eigenvalue weighted by Gasteiger charge is -2.43. The second kappa shape index (κ2) is 11.2. The minimum Gasteiger partial charge on any atom is -0.380 e. The number of nitrogens with zero attached hydrogens (tertiary/aromatic N) is 4. The highest BCUT2D eigenvalue weighted by Crippen LogP contribution is 2.40. The van der Waals surface area contributed by atoms with Crippen molar-refractivity contribution >= 4 is 28.1 Å². The Morgan fingerprint density at radius 3 is 2.30 bits per heavy atom. The minimum absolute atomic E-state index is 0. The second-order valence-electron chi connectivity index (χ2n) is 8.98. The molecule has 37 heavy (non-hydrogen) atoms. The highest BCUT2D eigenvalue weighted by molar-refractivity contribution is 7.89. The summed E-state index contributed by atoms with van der Waals surface area (Å²) in [5, 5.41) is 14.0. The Hall–Kier alpha value is -3.64. The van der Waals surface area contributed by atoms with Crippen molar-refractivity contribution in [2.45, 2.75) is 35.9 Å². The summed E-state index contributed by atoms with van der Waals surface area (Å²) in [6, 6.07) is 27.0. The zero-order valence-electron chi connectivity index (χ0n) is 20.3. The molecule has 1 aromatic heterocycles. The molecule has 0 spiro atoms. The lowest BCUT2D eigenvalue weighted by atomic mass is 9.81. The first kappa shape index (κ1) is 26.4. The van der Waals surface area contributed by atoms with Gasteiger partial charge < -0.3 is 9.88 Å². The van der Waals surface area contributed by atoms with Crippen LogP contribution in [-0.4, -0.2) is 34.4 Å². The molecule has 4 aromatic rings. The molecule has 1 N–H and O–H groups in total. The highest BCUT2D eigenvalue weighted by atomic mass is 35.5. The molecule has 0 bridgehead atoms. The number of rotatable bonds is 7. The van der Waals surface area contributed by atoms with E-state index in [9.17, 15) is 13.7 Å². The quantitative estimate of drug-likeness (QED) is 0.370. The largest absolute Gasteiger partial charge is 0.380 e. The monoisotopic (exact) mass is 533 g/mol. The third kappa shape index (κ3) is 5.25. The molecule has 1 aliphatic rings. The van der Waals surface area contributed by atoms with Gasteiger partial charge in [-0.3, -0.25) is 0 Å². The summed E-state index contributed by atoms with van der Waals surface area (Å²) in [6.45, 7) is 0.145. The minimum atomic E-state index is -3.95. The molecule has 0 saturated carbocycles. The van der Waals surface area contributed by atoms with Crippen LogP contribution in [0.1, 0.15) is 22.7 Å². The van der Waals surface area contributed by atoms with Crippen LogP contribution in [0.5, 0.6) is 0 Å². The van der Waals surface area contributed by atoms with Crippen LogP contribution in [-0.2, 0) is 30.0 Å². The molecule has 0 amide bonds. The molecule has 5 rings (SSSR count). The van der Waals surface area contributed by atoms with Crippen molar-refractivity contribution in [3.8, 4) is 6.07 Å². The van der Waals surface area contributed by atoms with E-state index in [-0.39, 0.29) is 29.9 Å². The van der Waals surface area contributed by atoms with E-state index in [2.05, 4.69) is 16.4 Å². The summed E-state index contributed by atoms with van der Waals surface area (Å²) < 4.78 is 31.8. The molecule has 0 fully saturated rings. The third-order valence-corrected chi connectivity index (χ3v) is 8.60. The van der Waals surface area contributed by atoms with E-state index < -0.39 is 22.0 Å². The molecule has 7 nitrogen and oxygen atoms in total. The molecule has 0 saturated heterocycles. The van der Waals surface area contributed by atoms with Crippen LogP contribution in [0.15, 0.2) is 102 Å². The average Bonchev–Trinajstić information content (AvgIpc) is 3.31. The lowest BCUT2D eigenvalue weighted by Crippen LogP contribution is -2.55. The van der Waals surface area contributed by atoms with Gasteiger partial charge in [0.2, 0.25) is 10.0 Å². The van der Waals surface area contributed by atoms with Gasteiger partial charge in [-0.2, -0.15) is 9.57 Å². The molecular formula is C28H28ClN5O2S. The van der Waals surface area contributed by atoms with Gasteiger partial charge in [0.15, 0.2) is 0 Å². The number of fused-ring (bicyclic) bond motifs is 1. The summed E-state index contributed by atoms with van der Waals surface area (Å²) in [4.78, 5) is 4.45. The number of aromatic nitrogens is 2. The fourth-order valence-corrected chi connectivity index (χ4v) is 6.61. The van der Waals surface area contributed by atoms with Gasteiger partial charge >= 0.3 is 0 Å². The molecular weight excluding hydrogens is 506 g/mol. The number of imidazole rings is 1. The summed E-state index contributed by atoms with van der Waals surface area (Å²) in [5.41, 5.74) is 3.45. The van der Waals surface area contributed by atoms with Crippen LogP contribution in [0.3, 0.4) is 0 Å². The van der Waals surface area contributed by atoms with Gasteiger partial charge in [-0.1, -0.05) is 66.7 Å². The maximum absolute atomic E-state index is 14.2. The van der Waals surface area contributed by atoms with E-state index in [0.29, 0.717) is 6.42 Å². The molecule has 3 atom stereocenters. The Labute approximate surface area is 223 Å². The number of halogens is 1. The average molecular weight is 534 g/mol. The van der Waals surface area contributed by atoms with Crippen molar-refractivity contribution in [2.75, 3.05) is 5.32 Å². The van der Waals surface area contributed by atoms with Crippen LogP contribution in [0.25, 0.3) is 0 Å². The van der Waals surface area contributed by atoms with Gasteiger partial charge in [0.1, 0.15) is 0 Å². The van der Waals surface area contributed by atoms with E-state index in [0.717, 1.165) is 22.5 Å². The number of aryl methyl sites for hydroxylation is 1. The van der Waals surface area contributed by atoms with E-state index in [1.807, 2.05) is 66.2 Å². The predicted octanol–water partition coefficient (Wildman–Crippen LogP) is 4.75. The van der Waals surface area contributed by atoms with E-state index in [1.54, 1.807) is 42.9 Å². The molecule has 3 aromatic carbocycles. The van der Waals surface area contributed by atoms with Gasteiger partial charge in [-0.05, 0) is 29.3 Å². The normalized spacial score (nSPS) is 18.8. The topological polar surface area (TPSA) is 91.0 Å². The number of nitrogens with one attached hydrogen (secondary N) is 1. The van der Waals surface area contributed by atoms with Gasteiger partial charge in [0.25, 0.3) is 0 Å². The maximum Gasteiger partial charge on any atom is 0.243 e. The van der Waals surface area contributed by atoms with Crippen molar-refractivity contribution in [1.29, 1.82) is 5.26 Å². The molecule has 190 valence electrons. The fraction of sp³-hybridized carbons (Fsp3) is 0.214. The Kier molecular flexibility index (Phi) is 7.98. The van der Waals surface area contributed by atoms with Gasteiger partial charge in [-0.25, -0.2) is 13.4 Å². The fourth-order valence-electron chi connectivity index (χ4n) is 4.93. The molecule has 2 heterocycles. The number of hydrogen-bond donors (Lipinski definition) is 1. The van der Waals surface area contributed by atoms with Crippen molar-refractivity contribution in [3.05, 3.63) is 114 Å². The molecule has 0 aliphatic carbocycles. The molecule has 3 unspecified atom stereocenters. The summed E-state index contributed by atoms with van der Waals surface area (Å²) in [5.74, 6) is -0.664. The molecule has 9 heteroatoms. The molecule has 1 aliphatic heterocycles. The van der Waals surface area contributed by atoms with Crippen molar-refractivity contribution in [2.24, 2.45) is 7.05 Å². The van der Waals surface area contributed by atoms with Crippen LogP contribution in [0, 0.1) is 11.3 Å². The Morgan fingerprint density at radius 1 is 1.00 bits per heavy atom. The highest BCUT2D eigenvalue weighted by Gasteiger charge is 2.45. The Morgan fingerprint density at radius 2 is 1.65 bits per heavy atom. The zero-order chi connectivity index (χ0) is 25.1. The summed E-state index contributed by atoms with van der Waals surface area (Å²) in [6.07, 6.45) is 4.02. The Bertz CT molecular complexity index is 1490. The Balaban J connectivity index is 0.00000320. The first-order valence-corrected chi connectivity index (χ1v) is 13.2. The number of sulfonamides is 1. The second-order valence-corrected chi connectivity index (χ2v) is 10.9. The molecule has 0 radical (unpaired) electrons. The number of nitriles is 1. The van der Waals surface area contributed by atoms with Crippen LogP contribution in [0.2, 0.25) is 0 Å². The summed E-state index contributed by atoms with van der Waals surface area (Å²) in [7, 11) is -2.03. The number of benzene rings is 3. The van der Waals surface area contributed by atoms with Crippen LogP contribution >= 0.6 is 12.4 Å². The third-order valence-electron chi connectivity index (χ3n) is 6.74. The van der Waals surface area contributed by atoms with Gasteiger partial charge in [0.05, 0.1) is 29.3 Å². The van der Waals surface area contributed by atoms with E-state index >= 15 is 0 Å². The van der Waals surface area contributed by atoms with Gasteiger partial charge in [-0.15, -0.1) is 12.4 Å². The zero-order valence-corrected chi connectivity index (χ0v) is 21.9. The first-order chi connectivity index (χ1) is 17.5. The van der Waals surface area contributed by atoms with Crippen molar-refractivity contribution in [3.63, 3.8) is 0 Å². The van der Waals surface area contributed by atoms with Crippen molar-refractivity contribution in [1.82, 2.24) is 13.9 Å². The van der Waals surface area contributed by atoms with Gasteiger partial charge in [0, 0.05) is 43.6 Å². The maximum atomic E-state index is 14.2. The van der Waals surface area contributed by atoms with E-state index in [1.165, 1.54) is 4.31 Å². The number of anilines is 1. The lowest BCUT2D eigenvalue weighted by molar-refractivity contribution is 0.257. The van der Waals surface area contributed by atoms with E-state index in [4.69, 9.17) is 0 Å².